The molecule has 0 amide bonds. The van der Waals surface area contributed by atoms with E-state index in [1.165, 1.54) is 0 Å². The first-order valence-corrected chi connectivity index (χ1v) is 7.04. The maximum absolute atomic E-state index is 4.75. The monoisotopic (exact) mass is 288 g/mol. The number of nitrogens with zero attached hydrogens (tertiary/aromatic N) is 4. The van der Waals surface area contributed by atoms with Gasteiger partial charge < -0.3 is 0 Å². The molecule has 0 aliphatic heterocycles. The molecule has 0 saturated heterocycles. The number of aromatic nitrogens is 2. The summed E-state index contributed by atoms with van der Waals surface area (Å²) in [4.78, 5) is 8.40. The van der Waals surface area contributed by atoms with Crippen molar-refractivity contribution in [3.63, 3.8) is 0 Å². The molecule has 4 heteroatoms. The van der Waals surface area contributed by atoms with E-state index in [9.17, 15) is 0 Å². The number of benzene rings is 1. The Morgan fingerprint density at radius 2 is 1.50 bits per heavy atom. The molecule has 2 aromatic heterocycles. The summed E-state index contributed by atoms with van der Waals surface area (Å²) in [5.74, 6) is 0.796. The molecule has 4 nitrogen and oxygen atoms in total. The molecule has 0 unspecified atom stereocenters. The molecule has 3 aromatic rings. The zero-order chi connectivity index (χ0) is 15.2. The Balaban J connectivity index is 2.04. The van der Waals surface area contributed by atoms with Gasteiger partial charge >= 0.3 is 0 Å². The Labute approximate surface area is 129 Å². The van der Waals surface area contributed by atoms with Crippen LogP contribution in [0.4, 0.5) is 5.82 Å². The molecule has 0 fully saturated rings. The minimum atomic E-state index is 0.796. The molecule has 0 N–H and O–H groups in total. The van der Waals surface area contributed by atoms with Crippen molar-refractivity contribution in [2.45, 2.75) is 0 Å². The van der Waals surface area contributed by atoms with Crippen LogP contribution in [0.3, 0.4) is 0 Å². The second kappa shape index (κ2) is 6.63. The molecule has 0 bridgehead atoms. The summed E-state index contributed by atoms with van der Waals surface area (Å²) in [7, 11) is 1.90. The lowest BCUT2D eigenvalue weighted by Crippen LogP contribution is -2.16. The van der Waals surface area contributed by atoms with Gasteiger partial charge in [-0.15, -0.1) is 0 Å². The van der Waals surface area contributed by atoms with Crippen LogP contribution in [0, 0.1) is 0 Å². The Morgan fingerprint density at radius 1 is 0.818 bits per heavy atom. The minimum absolute atomic E-state index is 0.796. The second-order valence-corrected chi connectivity index (χ2v) is 4.76. The molecule has 108 valence electrons. The highest BCUT2D eigenvalue weighted by atomic mass is 15.5. The highest BCUT2D eigenvalue weighted by Gasteiger charge is 2.09. The lowest BCUT2D eigenvalue weighted by Gasteiger charge is -2.15. The summed E-state index contributed by atoms with van der Waals surface area (Å²) < 4.78 is 0. The van der Waals surface area contributed by atoms with E-state index in [0.29, 0.717) is 0 Å². The van der Waals surface area contributed by atoms with Gasteiger partial charge in [-0.1, -0.05) is 36.4 Å². The van der Waals surface area contributed by atoms with E-state index in [0.717, 1.165) is 22.7 Å². The largest absolute Gasteiger partial charge is 0.265 e. The maximum atomic E-state index is 4.75. The van der Waals surface area contributed by atoms with Crippen molar-refractivity contribution in [1.82, 2.24) is 9.97 Å². The van der Waals surface area contributed by atoms with Gasteiger partial charge in [-0.2, -0.15) is 5.10 Å². The van der Waals surface area contributed by atoms with Crippen molar-refractivity contribution >= 4 is 11.5 Å². The van der Waals surface area contributed by atoms with Gasteiger partial charge in [0.05, 0.1) is 5.71 Å². The molecular weight excluding hydrogens is 272 g/mol. The Hall–Kier alpha value is -3.01. The maximum Gasteiger partial charge on any atom is 0.148 e. The molecule has 22 heavy (non-hydrogen) atoms. The van der Waals surface area contributed by atoms with Crippen LogP contribution in [-0.4, -0.2) is 22.7 Å². The predicted octanol–water partition coefficient (Wildman–Crippen LogP) is 3.37. The highest BCUT2D eigenvalue weighted by molar-refractivity contribution is 6.13. The summed E-state index contributed by atoms with van der Waals surface area (Å²) >= 11 is 0. The van der Waals surface area contributed by atoms with Gasteiger partial charge in [-0.25, -0.2) is 4.98 Å². The topological polar surface area (TPSA) is 41.4 Å². The van der Waals surface area contributed by atoms with Gasteiger partial charge in [-0.05, 0) is 24.3 Å². The lowest BCUT2D eigenvalue weighted by molar-refractivity contribution is 0.977. The predicted molar refractivity (Wildman–Crippen MR) is 89.0 cm³/mol. The van der Waals surface area contributed by atoms with Crippen LogP contribution < -0.4 is 5.01 Å². The molecule has 0 saturated carbocycles. The zero-order valence-electron chi connectivity index (χ0n) is 12.3. The van der Waals surface area contributed by atoms with Crippen LogP contribution in [0.25, 0.3) is 0 Å². The van der Waals surface area contributed by atoms with E-state index < -0.39 is 0 Å². The van der Waals surface area contributed by atoms with Crippen LogP contribution in [0.5, 0.6) is 0 Å². The van der Waals surface area contributed by atoms with Gasteiger partial charge in [-0.3, -0.25) is 9.99 Å². The smallest absolute Gasteiger partial charge is 0.148 e. The van der Waals surface area contributed by atoms with E-state index >= 15 is 0 Å². The standard InChI is InChI=1S/C18H16N4/c1-22(17-9-5-6-12-20-17)21-18(15-7-3-2-4-8-15)16-10-13-19-14-11-16/h2-14H,1H3/b21-18+. The second-order valence-electron chi connectivity index (χ2n) is 4.76. The van der Waals surface area contributed by atoms with Gasteiger partial charge in [0.2, 0.25) is 0 Å². The summed E-state index contributed by atoms with van der Waals surface area (Å²) in [5, 5.41) is 6.53. The molecule has 0 spiro atoms. The third-order valence-corrected chi connectivity index (χ3v) is 3.23. The van der Waals surface area contributed by atoms with Crippen molar-refractivity contribution in [3.05, 3.63) is 90.4 Å². The normalized spacial score (nSPS) is 11.2. The van der Waals surface area contributed by atoms with Gasteiger partial charge in [0.15, 0.2) is 0 Å². The molecule has 2 heterocycles. The first kappa shape index (κ1) is 13.9. The number of hydrogen-bond donors (Lipinski definition) is 0. The number of rotatable bonds is 4. The number of hydrogen-bond acceptors (Lipinski definition) is 4. The van der Waals surface area contributed by atoms with Gasteiger partial charge in [0.25, 0.3) is 0 Å². The van der Waals surface area contributed by atoms with Crippen LogP contribution >= 0.6 is 0 Å². The summed E-state index contributed by atoms with van der Waals surface area (Å²) in [5.41, 5.74) is 2.96. The zero-order valence-corrected chi connectivity index (χ0v) is 12.3. The third-order valence-electron chi connectivity index (χ3n) is 3.23. The molecule has 0 aliphatic carbocycles. The molecule has 0 radical (unpaired) electrons. The van der Waals surface area contributed by atoms with Crippen molar-refractivity contribution in [2.24, 2.45) is 5.10 Å². The summed E-state index contributed by atoms with van der Waals surface area (Å²) in [6.45, 7) is 0. The molecular formula is C18H16N4. The van der Waals surface area contributed by atoms with E-state index in [1.807, 2.05) is 67.7 Å². The average Bonchev–Trinajstić information content (AvgIpc) is 2.62. The van der Waals surface area contributed by atoms with Gasteiger partial charge in [0.1, 0.15) is 5.82 Å². The number of anilines is 1. The first-order chi connectivity index (χ1) is 10.8. The van der Waals surface area contributed by atoms with E-state index in [-0.39, 0.29) is 0 Å². The minimum Gasteiger partial charge on any atom is -0.265 e. The van der Waals surface area contributed by atoms with Crippen molar-refractivity contribution < 1.29 is 0 Å². The van der Waals surface area contributed by atoms with E-state index in [2.05, 4.69) is 9.97 Å². The Bertz CT molecular complexity index is 698. The molecule has 3 rings (SSSR count). The third kappa shape index (κ3) is 3.17. The average molecular weight is 288 g/mol. The van der Waals surface area contributed by atoms with Crippen LogP contribution in [0.15, 0.2) is 84.4 Å². The van der Waals surface area contributed by atoms with E-state index in [1.54, 1.807) is 23.6 Å². The van der Waals surface area contributed by atoms with E-state index in [4.69, 9.17) is 5.10 Å². The first-order valence-electron chi connectivity index (χ1n) is 7.04. The van der Waals surface area contributed by atoms with Crippen LogP contribution in [-0.2, 0) is 0 Å². The van der Waals surface area contributed by atoms with Crippen LogP contribution in [0.2, 0.25) is 0 Å². The Kier molecular flexibility index (Phi) is 4.20. The van der Waals surface area contributed by atoms with Crippen molar-refractivity contribution in [2.75, 3.05) is 12.1 Å². The Morgan fingerprint density at radius 3 is 2.18 bits per heavy atom. The van der Waals surface area contributed by atoms with Crippen LogP contribution in [0.1, 0.15) is 11.1 Å². The van der Waals surface area contributed by atoms with Gasteiger partial charge in [0, 0.05) is 36.8 Å². The summed E-state index contributed by atoms with van der Waals surface area (Å²) in [6, 6.07) is 19.8. The lowest BCUT2D eigenvalue weighted by atomic mass is 10.0. The highest BCUT2D eigenvalue weighted by Crippen LogP contribution is 2.14. The fourth-order valence-corrected chi connectivity index (χ4v) is 2.13. The molecule has 0 aliphatic rings. The van der Waals surface area contributed by atoms with Crippen molar-refractivity contribution in [1.29, 1.82) is 0 Å². The fourth-order valence-electron chi connectivity index (χ4n) is 2.13. The molecule has 1 aromatic carbocycles. The SMILES string of the molecule is CN(/N=C(\c1ccccc1)c1ccncc1)c1ccccn1. The van der Waals surface area contributed by atoms with Crippen molar-refractivity contribution in [3.8, 4) is 0 Å². The summed E-state index contributed by atoms with van der Waals surface area (Å²) in [6.07, 6.45) is 5.30. The fraction of sp³-hybridized carbons (Fsp3) is 0.0556. The quantitative estimate of drug-likeness (QED) is 0.546. The number of pyridine rings is 2. The number of hydrazone groups is 1. The molecule has 0 atom stereocenters.